The zero-order valence-electron chi connectivity index (χ0n) is 17.7. The Hall–Kier alpha value is -1.79. The van der Waals surface area contributed by atoms with Crippen LogP contribution >= 0.6 is 0 Å². The second-order valence-electron chi connectivity index (χ2n) is 8.19. The fourth-order valence-corrected chi connectivity index (χ4v) is 3.82. The van der Waals surface area contributed by atoms with E-state index >= 15 is 0 Å². The van der Waals surface area contributed by atoms with Crippen LogP contribution in [0.25, 0.3) is 0 Å². The molecule has 1 aromatic carbocycles. The van der Waals surface area contributed by atoms with E-state index in [1.807, 2.05) is 12.1 Å². The third-order valence-corrected chi connectivity index (χ3v) is 5.60. The van der Waals surface area contributed by atoms with Crippen molar-refractivity contribution in [3.8, 4) is 5.75 Å². The molecule has 0 radical (unpaired) electrons. The van der Waals surface area contributed by atoms with Gasteiger partial charge in [0.25, 0.3) is 0 Å². The minimum absolute atomic E-state index is 0.0623. The van der Waals surface area contributed by atoms with Crippen molar-refractivity contribution < 1.29 is 14.2 Å². The summed E-state index contributed by atoms with van der Waals surface area (Å²) in [6.07, 6.45) is 2.59. The van der Waals surface area contributed by atoms with Gasteiger partial charge in [-0.05, 0) is 37.5 Å². The Morgan fingerprint density at radius 3 is 2.61 bits per heavy atom. The number of hydrogen-bond acceptors (Lipinski definition) is 4. The molecule has 1 N–H and O–H groups in total. The normalized spacial score (nSPS) is 23.7. The van der Waals surface area contributed by atoms with E-state index in [4.69, 9.17) is 19.2 Å². The highest BCUT2D eigenvalue weighted by atomic mass is 16.5. The highest BCUT2D eigenvalue weighted by Crippen LogP contribution is 2.26. The van der Waals surface area contributed by atoms with E-state index in [1.54, 1.807) is 7.11 Å². The molecule has 0 aromatic heterocycles. The third-order valence-electron chi connectivity index (χ3n) is 5.60. The van der Waals surface area contributed by atoms with Gasteiger partial charge in [0.05, 0.1) is 26.4 Å². The predicted octanol–water partition coefficient (Wildman–Crippen LogP) is 2.82. The maximum atomic E-state index is 6.00. The number of nitrogens with one attached hydrogen (secondary N) is 1. The van der Waals surface area contributed by atoms with Crippen LogP contribution in [-0.2, 0) is 14.9 Å². The van der Waals surface area contributed by atoms with Crippen molar-refractivity contribution in [3.63, 3.8) is 0 Å². The number of guanidine groups is 1. The van der Waals surface area contributed by atoms with E-state index in [1.165, 1.54) is 5.56 Å². The van der Waals surface area contributed by atoms with Gasteiger partial charge in [-0.15, -0.1) is 0 Å². The predicted molar refractivity (Wildman–Crippen MR) is 112 cm³/mol. The van der Waals surface area contributed by atoms with Crippen LogP contribution in [0.15, 0.2) is 29.3 Å². The monoisotopic (exact) mass is 389 g/mol. The van der Waals surface area contributed by atoms with E-state index in [9.17, 15) is 0 Å². The molecule has 2 atom stereocenters. The van der Waals surface area contributed by atoms with Crippen LogP contribution in [-0.4, -0.2) is 69.6 Å². The van der Waals surface area contributed by atoms with Crippen LogP contribution in [0.4, 0.5) is 0 Å². The van der Waals surface area contributed by atoms with Crippen LogP contribution in [0.3, 0.4) is 0 Å². The van der Waals surface area contributed by atoms with Gasteiger partial charge in [0.1, 0.15) is 11.9 Å². The molecule has 2 aliphatic rings. The first-order valence-electron chi connectivity index (χ1n) is 10.4. The van der Waals surface area contributed by atoms with Crippen molar-refractivity contribution >= 4 is 5.96 Å². The van der Waals surface area contributed by atoms with Gasteiger partial charge < -0.3 is 24.4 Å². The molecule has 3 rings (SSSR count). The summed E-state index contributed by atoms with van der Waals surface area (Å²) in [4.78, 5) is 7.32. The molecule has 2 aliphatic heterocycles. The number of hydrogen-bond donors (Lipinski definition) is 1. The van der Waals surface area contributed by atoms with Crippen LogP contribution in [0.5, 0.6) is 5.75 Å². The number of aliphatic imine (C=N–C) groups is 1. The second-order valence-corrected chi connectivity index (χ2v) is 8.19. The second kappa shape index (κ2) is 9.61. The average Bonchev–Trinajstić information content (AvgIpc) is 3.26. The van der Waals surface area contributed by atoms with Gasteiger partial charge in [-0.1, -0.05) is 26.0 Å². The van der Waals surface area contributed by atoms with E-state index in [0.717, 1.165) is 57.4 Å². The van der Waals surface area contributed by atoms with Crippen molar-refractivity contribution in [2.45, 2.75) is 51.2 Å². The van der Waals surface area contributed by atoms with Crippen molar-refractivity contribution in [1.82, 2.24) is 10.2 Å². The van der Waals surface area contributed by atoms with Gasteiger partial charge in [-0.2, -0.15) is 0 Å². The maximum absolute atomic E-state index is 6.00. The summed E-state index contributed by atoms with van der Waals surface area (Å²) in [5.41, 5.74) is 1.19. The lowest BCUT2D eigenvalue weighted by Crippen LogP contribution is -2.53. The van der Waals surface area contributed by atoms with E-state index in [-0.39, 0.29) is 17.6 Å². The van der Waals surface area contributed by atoms with Crippen LogP contribution < -0.4 is 10.1 Å². The summed E-state index contributed by atoms with van der Waals surface area (Å²) in [5.74, 6) is 1.85. The summed E-state index contributed by atoms with van der Waals surface area (Å²) in [6.45, 7) is 11.4. The summed E-state index contributed by atoms with van der Waals surface area (Å²) < 4.78 is 17.1. The largest absolute Gasteiger partial charge is 0.497 e. The number of ether oxygens (including phenoxy) is 3. The van der Waals surface area contributed by atoms with E-state index < -0.39 is 0 Å². The minimum atomic E-state index is -0.0623. The molecular weight excluding hydrogens is 354 g/mol. The fraction of sp³-hybridized carbons (Fsp3) is 0.682. The Kier molecular flexibility index (Phi) is 7.18. The summed E-state index contributed by atoms with van der Waals surface area (Å²) in [7, 11) is 1.69. The Bertz CT molecular complexity index is 639. The number of rotatable bonds is 6. The van der Waals surface area contributed by atoms with Crippen molar-refractivity contribution in [2.24, 2.45) is 4.99 Å². The molecule has 0 spiro atoms. The number of morpholine rings is 1. The third kappa shape index (κ3) is 5.17. The van der Waals surface area contributed by atoms with Gasteiger partial charge in [0, 0.05) is 31.7 Å². The summed E-state index contributed by atoms with van der Waals surface area (Å²) in [6, 6.07) is 8.29. The zero-order valence-corrected chi connectivity index (χ0v) is 17.7. The first-order valence-corrected chi connectivity index (χ1v) is 10.4. The Balaban J connectivity index is 1.68. The molecule has 6 heteroatoms. The molecule has 2 heterocycles. The lowest BCUT2D eigenvalue weighted by molar-refractivity contribution is -0.0817. The number of methoxy groups -OCH3 is 1. The molecule has 0 bridgehead atoms. The van der Waals surface area contributed by atoms with Gasteiger partial charge in [0.2, 0.25) is 0 Å². The molecule has 2 saturated heterocycles. The fourth-order valence-electron chi connectivity index (χ4n) is 3.82. The van der Waals surface area contributed by atoms with Crippen molar-refractivity contribution in [3.05, 3.63) is 29.8 Å². The van der Waals surface area contributed by atoms with Gasteiger partial charge in [-0.25, -0.2) is 0 Å². The standard InChI is InChI=1S/C22H35N3O3/c1-5-23-21(25-12-14-28-20(15-25)19-7-6-13-27-19)24-16-22(2,3)17-8-10-18(26-4)11-9-17/h8-11,19-20H,5-7,12-16H2,1-4H3,(H,23,24). The molecule has 0 amide bonds. The average molecular weight is 390 g/mol. The molecule has 0 aliphatic carbocycles. The summed E-state index contributed by atoms with van der Waals surface area (Å²) in [5, 5.41) is 3.47. The number of benzene rings is 1. The van der Waals surface area contributed by atoms with Crippen molar-refractivity contribution in [1.29, 1.82) is 0 Å². The molecular formula is C22H35N3O3. The Morgan fingerprint density at radius 1 is 1.21 bits per heavy atom. The first kappa shape index (κ1) is 20.9. The SMILES string of the molecule is CCNC(=NCC(C)(C)c1ccc(OC)cc1)N1CCOC(C2CCCO2)C1. The smallest absolute Gasteiger partial charge is 0.194 e. The zero-order chi connectivity index (χ0) is 20.0. The minimum Gasteiger partial charge on any atom is -0.497 e. The molecule has 1 aromatic rings. The van der Waals surface area contributed by atoms with Crippen LogP contribution in [0, 0.1) is 0 Å². The molecule has 156 valence electrons. The first-order chi connectivity index (χ1) is 13.5. The highest BCUT2D eigenvalue weighted by molar-refractivity contribution is 5.80. The van der Waals surface area contributed by atoms with Crippen LogP contribution in [0.2, 0.25) is 0 Å². The molecule has 6 nitrogen and oxygen atoms in total. The lowest BCUT2D eigenvalue weighted by Gasteiger charge is -2.37. The topological polar surface area (TPSA) is 55.3 Å². The quantitative estimate of drug-likeness (QED) is 0.599. The summed E-state index contributed by atoms with van der Waals surface area (Å²) >= 11 is 0. The molecule has 2 fully saturated rings. The van der Waals surface area contributed by atoms with Gasteiger partial charge in [-0.3, -0.25) is 4.99 Å². The lowest BCUT2D eigenvalue weighted by atomic mass is 9.85. The van der Waals surface area contributed by atoms with E-state index in [0.29, 0.717) is 6.54 Å². The van der Waals surface area contributed by atoms with Gasteiger partial charge >= 0.3 is 0 Å². The highest BCUT2D eigenvalue weighted by Gasteiger charge is 2.32. The molecule has 28 heavy (non-hydrogen) atoms. The van der Waals surface area contributed by atoms with Crippen molar-refractivity contribution in [2.75, 3.05) is 46.5 Å². The van der Waals surface area contributed by atoms with E-state index in [2.05, 4.69) is 43.1 Å². The Morgan fingerprint density at radius 2 is 1.96 bits per heavy atom. The van der Waals surface area contributed by atoms with Crippen LogP contribution in [0.1, 0.15) is 39.2 Å². The number of nitrogens with zero attached hydrogens (tertiary/aromatic N) is 2. The Labute approximate surface area is 169 Å². The molecule has 0 saturated carbocycles. The maximum Gasteiger partial charge on any atom is 0.194 e. The van der Waals surface area contributed by atoms with Gasteiger partial charge in [0.15, 0.2) is 5.96 Å². The molecule has 2 unspecified atom stereocenters.